The van der Waals surface area contributed by atoms with Gasteiger partial charge >= 0.3 is 0 Å². The van der Waals surface area contributed by atoms with Gasteiger partial charge in [0.05, 0.1) is 0 Å². The lowest BCUT2D eigenvalue weighted by Gasteiger charge is -2.07. The van der Waals surface area contributed by atoms with Crippen LogP contribution in [-0.2, 0) is 0 Å². The number of unbranched alkanes of at least 4 members (excludes halogenated alkanes) is 9. The maximum absolute atomic E-state index is 3.58. The third-order valence-electron chi connectivity index (χ3n) is 4.52. The van der Waals surface area contributed by atoms with Crippen molar-refractivity contribution in [1.82, 2.24) is 5.32 Å². The second-order valence-electron chi connectivity index (χ2n) is 8.00. The number of hydrogen-bond donors (Lipinski definition) is 1. The van der Waals surface area contributed by atoms with Crippen LogP contribution in [0.25, 0.3) is 0 Å². The van der Waals surface area contributed by atoms with Crippen molar-refractivity contribution in [3.8, 4) is 0 Å². The highest BCUT2D eigenvalue weighted by Gasteiger charge is 1.96. The first kappa shape index (κ1) is 22.0. The summed E-state index contributed by atoms with van der Waals surface area (Å²) in [6, 6.07) is 0. The van der Waals surface area contributed by atoms with Crippen LogP contribution in [0, 0.1) is 11.8 Å². The smallest absolute Gasteiger partial charge is 0.00488 e. The van der Waals surface area contributed by atoms with Crippen molar-refractivity contribution in [2.45, 2.75) is 111 Å². The quantitative estimate of drug-likeness (QED) is 0.286. The van der Waals surface area contributed by atoms with E-state index in [1.807, 2.05) is 0 Å². The Morgan fingerprint density at radius 1 is 0.455 bits per heavy atom. The van der Waals surface area contributed by atoms with Crippen molar-refractivity contribution >= 4 is 0 Å². The van der Waals surface area contributed by atoms with Crippen molar-refractivity contribution in [3.63, 3.8) is 0 Å². The molecule has 0 unspecified atom stereocenters. The fourth-order valence-corrected chi connectivity index (χ4v) is 2.98. The summed E-state index contributed by atoms with van der Waals surface area (Å²) in [7, 11) is 0. The SMILES string of the molecule is CC(C)CCCCCCCCCCCCNCCCC(C)C. The molecule has 0 saturated heterocycles. The Balaban J connectivity index is 2.97. The Labute approximate surface area is 142 Å². The molecule has 0 aliphatic heterocycles. The zero-order valence-corrected chi connectivity index (χ0v) is 16.3. The minimum atomic E-state index is 0.858. The molecule has 0 bridgehead atoms. The van der Waals surface area contributed by atoms with E-state index in [0.717, 1.165) is 11.8 Å². The third kappa shape index (κ3) is 20.0. The summed E-state index contributed by atoms with van der Waals surface area (Å²) >= 11 is 0. The highest BCUT2D eigenvalue weighted by Crippen LogP contribution is 2.13. The fraction of sp³-hybridized carbons (Fsp3) is 1.00. The normalized spacial score (nSPS) is 11.7. The third-order valence-corrected chi connectivity index (χ3v) is 4.52. The maximum atomic E-state index is 3.58. The van der Waals surface area contributed by atoms with E-state index >= 15 is 0 Å². The average Bonchev–Trinajstić information content (AvgIpc) is 2.46. The molecule has 0 aromatic rings. The number of nitrogens with one attached hydrogen (secondary N) is 1. The predicted octanol–water partition coefficient (Wildman–Crippen LogP) is 6.96. The largest absolute Gasteiger partial charge is 0.317 e. The molecule has 0 heterocycles. The minimum Gasteiger partial charge on any atom is -0.317 e. The van der Waals surface area contributed by atoms with Crippen LogP contribution in [0.3, 0.4) is 0 Å². The standard InChI is InChI=1S/C21H45N/c1-20(2)16-13-11-9-7-5-6-8-10-12-14-18-22-19-15-17-21(3)4/h20-22H,5-19H2,1-4H3. The summed E-state index contributed by atoms with van der Waals surface area (Å²) in [5.74, 6) is 1.75. The lowest BCUT2D eigenvalue weighted by Crippen LogP contribution is -2.17. The Kier molecular flexibility index (Phi) is 17.3. The second kappa shape index (κ2) is 17.3. The van der Waals surface area contributed by atoms with Gasteiger partial charge in [-0.3, -0.25) is 0 Å². The zero-order valence-electron chi connectivity index (χ0n) is 16.3. The first-order valence-corrected chi connectivity index (χ1v) is 10.3. The summed E-state index contributed by atoms with van der Waals surface area (Å²) in [6.45, 7) is 11.7. The molecular formula is C21H45N. The summed E-state index contributed by atoms with van der Waals surface area (Å²) in [6.07, 6.45) is 18.6. The lowest BCUT2D eigenvalue weighted by atomic mass is 10.0. The van der Waals surface area contributed by atoms with Crippen LogP contribution in [0.5, 0.6) is 0 Å². The number of hydrogen-bond acceptors (Lipinski definition) is 1. The second-order valence-corrected chi connectivity index (χ2v) is 8.00. The van der Waals surface area contributed by atoms with Gasteiger partial charge in [0, 0.05) is 0 Å². The van der Waals surface area contributed by atoms with E-state index in [1.165, 1.54) is 96.6 Å². The van der Waals surface area contributed by atoms with Gasteiger partial charge in [0.15, 0.2) is 0 Å². The van der Waals surface area contributed by atoms with Gasteiger partial charge in [0.2, 0.25) is 0 Å². The fourth-order valence-electron chi connectivity index (χ4n) is 2.98. The first-order chi connectivity index (χ1) is 10.6. The van der Waals surface area contributed by atoms with Crippen LogP contribution in [-0.4, -0.2) is 13.1 Å². The summed E-state index contributed by atoms with van der Waals surface area (Å²) in [5.41, 5.74) is 0. The zero-order chi connectivity index (χ0) is 16.5. The average molecular weight is 312 g/mol. The van der Waals surface area contributed by atoms with Crippen molar-refractivity contribution in [1.29, 1.82) is 0 Å². The number of rotatable bonds is 17. The van der Waals surface area contributed by atoms with Crippen molar-refractivity contribution in [2.75, 3.05) is 13.1 Å². The molecule has 0 aromatic carbocycles. The molecule has 0 radical (unpaired) electrons. The molecule has 0 aliphatic rings. The van der Waals surface area contributed by atoms with Crippen LogP contribution in [0.2, 0.25) is 0 Å². The van der Waals surface area contributed by atoms with Gasteiger partial charge in [-0.2, -0.15) is 0 Å². The van der Waals surface area contributed by atoms with Crippen LogP contribution >= 0.6 is 0 Å². The molecule has 0 rings (SSSR count). The Morgan fingerprint density at radius 2 is 0.818 bits per heavy atom. The molecule has 0 aromatic heterocycles. The van der Waals surface area contributed by atoms with Crippen LogP contribution in [0.4, 0.5) is 0 Å². The van der Waals surface area contributed by atoms with Crippen LogP contribution < -0.4 is 5.32 Å². The van der Waals surface area contributed by atoms with E-state index in [4.69, 9.17) is 0 Å². The van der Waals surface area contributed by atoms with Crippen LogP contribution in [0.15, 0.2) is 0 Å². The lowest BCUT2D eigenvalue weighted by molar-refractivity contribution is 0.499. The first-order valence-electron chi connectivity index (χ1n) is 10.3. The molecule has 22 heavy (non-hydrogen) atoms. The maximum Gasteiger partial charge on any atom is -0.00488 e. The molecule has 1 N–H and O–H groups in total. The van der Waals surface area contributed by atoms with Crippen molar-refractivity contribution in [2.24, 2.45) is 11.8 Å². The van der Waals surface area contributed by atoms with Gasteiger partial charge in [0.25, 0.3) is 0 Å². The van der Waals surface area contributed by atoms with Crippen LogP contribution in [0.1, 0.15) is 111 Å². The van der Waals surface area contributed by atoms with Gasteiger partial charge in [0.1, 0.15) is 0 Å². The van der Waals surface area contributed by atoms with Gasteiger partial charge < -0.3 is 5.32 Å². The van der Waals surface area contributed by atoms with Gasteiger partial charge in [-0.15, -0.1) is 0 Å². The minimum absolute atomic E-state index is 0.858. The summed E-state index contributed by atoms with van der Waals surface area (Å²) in [4.78, 5) is 0. The molecular weight excluding hydrogens is 266 g/mol. The Morgan fingerprint density at radius 3 is 1.32 bits per heavy atom. The predicted molar refractivity (Wildman–Crippen MR) is 103 cm³/mol. The van der Waals surface area contributed by atoms with E-state index in [9.17, 15) is 0 Å². The van der Waals surface area contributed by atoms with E-state index < -0.39 is 0 Å². The monoisotopic (exact) mass is 311 g/mol. The Hall–Kier alpha value is -0.0400. The van der Waals surface area contributed by atoms with E-state index in [-0.39, 0.29) is 0 Å². The highest BCUT2D eigenvalue weighted by molar-refractivity contribution is 4.53. The van der Waals surface area contributed by atoms with Crippen molar-refractivity contribution in [3.05, 3.63) is 0 Å². The molecule has 0 amide bonds. The molecule has 0 saturated carbocycles. The van der Waals surface area contributed by atoms with Gasteiger partial charge in [-0.25, -0.2) is 0 Å². The molecule has 134 valence electrons. The van der Waals surface area contributed by atoms with Gasteiger partial charge in [-0.05, 0) is 44.2 Å². The Bertz CT molecular complexity index is 176. The molecule has 0 atom stereocenters. The molecule has 0 aliphatic carbocycles. The van der Waals surface area contributed by atoms with Gasteiger partial charge in [-0.1, -0.05) is 91.9 Å². The summed E-state index contributed by atoms with van der Waals surface area (Å²) < 4.78 is 0. The molecule has 1 nitrogen and oxygen atoms in total. The highest BCUT2D eigenvalue weighted by atomic mass is 14.8. The topological polar surface area (TPSA) is 12.0 Å². The molecule has 0 spiro atoms. The van der Waals surface area contributed by atoms with E-state index in [2.05, 4.69) is 33.0 Å². The van der Waals surface area contributed by atoms with E-state index in [1.54, 1.807) is 0 Å². The summed E-state index contributed by atoms with van der Waals surface area (Å²) in [5, 5.41) is 3.58. The molecule has 0 fully saturated rings. The van der Waals surface area contributed by atoms with E-state index in [0.29, 0.717) is 0 Å². The molecule has 1 heteroatoms. The van der Waals surface area contributed by atoms with Crippen molar-refractivity contribution < 1.29 is 0 Å².